The van der Waals surface area contributed by atoms with Crippen molar-refractivity contribution < 1.29 is 28.9 Å². The van der Waals surface area contributed by atoms with Crippen LogP contribution in [-0.4, -0.2) is 29.9 Å². The second-order valence-corrected chi connectivity index (χ2v) is 3.20. The number of hydrogen-bond acceptors (Lipinski definition) is 5. The van der Waals surface area contributed by atoms with Gasteiger partial charge >= 0.3 is 5.97 Å². The smallest absolute Gasteiger partial charge is 0.339 e. The van der Waals surface area contributed by atoms with Gasteiger partial charge in [0.25, 0.3) is 0 Å². The van der Waals surface area contributed by atoms with E-state index < -0.39 is 23.6 Å². The first-order valence-corrected chi connectivity index (χ1v) is 4.92. The van der Waals surface area contributed by atoms with Gasteiger partial charge in [-0.1, -0.05) is 0 Å². The van der Waals surface area contributed by atoms with Crippen LogP contribution in [-0.2, 0) is 9.53 Å². The van der Waals surface area contributed by atoms with Crippen LogP contribution in [0.4, 0.5) is 4.39 Å². The molecular weight excluding hydrogens is 231 g/mol. The van der Waals surface area contributed by atoms with Crippen molar-refractivity contribution in [1.82, 2.24) is 0 Å². The maximum atomic E-state index is 13.5. The summed E-state index contributed by atoms with van der Waals surface area (Å²) < 4.78 is 22.8. The monoisotopic (exact) mass is 244 g/mol. The zero-order valence-corrected chi connectivity index (χ0v) is 9.44. The van der Waals surface area contributed by atoms with Crippen molar-refractivity contribution in [1.29, 1.82) is 0 Å². The van der Waals surface area contributed by atoms with E-state index in [9.17, 15) is 19.4 Å². The van der Waals surface area contributed by atoms with Gasteiger partial charge < -0.3 is 19.7 Å². The minimum atomic E-state index is -1.80. The molecule has 0 amide bonds. The van der Waals surface area contributed by atoms with Crippen LogP contribution in [0, 0.1) is 5.82 Å². The first kappa shape index (κ1) is 13.2. The molecule has 6 heteroatoms. The number of benzene rings is 1. The van der Waals surface area contributed by atoms with Crippen LogP contribution in [0.5, 0.6) is 11.5 Å². The summed E-state index contributed by atoms with van der Waals surface area (Å²) in [6.07, 6.45) is -1.80. The van der Waals surface area contributed by atoms with Crippen LogP contribution in [0.1, 0.15) is 18.6 Å². The van der Waals surface area contributed by atoms with Crippen LogP contribution in [0.3, 0.4) is 0 Å². The number of esters is 1. The van der Waals surface area contributed by atoms with Crippen LogP contribution in [0.15, 0.2) is 12.1 Å². The Morgan fingerprint density at radius 1 is 1.53 bits per heavy atom. The number of carbonyl (C=O) groups excluding carboxylic acids is 1. The van der Waals surface area contributed by atoms with Crippen molar-refractivity contribution in [2.45, 2.75) is 13.0 Å². The molecule has 0 saturated carbocycles. The summed E-state index contributed by atoms with van der Waals surface area (Å²) >= 11 is 0. The largest absolute Gasteiger partial charge is 0.505 e. The molecule has 0 radical (unpaired) electrons. The summed E-state index contributed by atoms with van der Waals surface area (Å²) in [5, 5.41) is 18.8. The molecule has 2 N–H and O–H groups in total. The van der Waals surface area contributed by atoms with E-state index in [1.807, 2.05) is 0 Å². The molecule has 0 aliphatic carbocycles. The Balaban J connectivity index is 3.11. The lowest BCUT2D eigenvalue weighted by Crippen LogP contribution is -2.16. The number of rotatable bonds is 4. The number of aliphatic hydroxyl groups is 1. The Labute approximate surface area is 97.4 Å². The summed E-state index contributed by atoms with van der Waals surface area (Å²) in [6.45, 7) is 1.62. The van der Waals surface area contributed by atoms with Crippen LogP contribution < -0.4 is 4.74 Å². The molecule has 0 fully saturated rings. The molecule has 0 aliphatic rings. The fraction of sp³-hybridized carbons (Fsp3) is 0.364. The number of phenols is 1. The molecule has 0 saturated heterocycles. The average molecular weight is 244 g/mol. The van der Waals surface area contributed by atoms with E-state index >= 15 is 0 Å². The second kappa shape index (κ2) is 5.49. The highest BCUT2D eigenvalue weighted by atomic mass is 19.1. The molecule has 0 heterocycles. The summed E-state index contributed by atoms with van der Waals surface area (Å²) in [4.78, 5) is 11.2. The van der Waals surface area contributed by atoms with Crippen LogP contribution >= 0.6 is 0 Å². The van der Waals surface area contributed by atoms with Gasteiger partial charge in [-0.2, -0.15) is 0 Å². The van der Waals surface area contributed by atoms with Crippen molar-refractivity contribution in [3.05, 3.63) is 23.5 Å². The van der Waals surface area contributed by atoms with Crippen molar-refractivity contribution in [3.63, 3.8) is 0 Å². The zero-order chi connectivity index (χ0) is 13.0. The van der Waals surface area contributed by atoms with E-state index in [1.54, 1.807) is 6.92 Å². The SMILES string of the molecule is CCOC(=O)C(O)c1cc(OC)cc(O)c1F. The van der Waals surface area contributed by atoms with Gasteiger partial charge in [0.15, 0.2) is 17.7 Å². The highest BCUT2D eigenvalue weighted by Gasteiger charge is 2.25. The molecule has 0 bridgehead atoms. The highest BCUT2D eigenvalue weighted by molar-refractivity contribution is 5.76. The van der Waals surface area contributed by atoms with Gasteiger partial charge in [-0.25, -0.2) is 9.18 Å². The fourth-order valence-corrected chi connectivity index (χ4v) is 1.27. The van der Waals surface area contributed by atoms with Gasteiger partial charge in [0.05, 0.1) is 13.7 Å². The number of carbonyl (C=O) groups is 1. The topological polar surface area (TPSA) is 76.0 Å². The Morgan fingerprint density at radius 2 is 2.18 bits per heavy atom. The zero-order valence-electron chi connectivity index (χ0n) is 9.44. The first-order chi connectivity index (χ1) is 8.01. The number of phenolic OH excluding ortho intramolecular Hbond substituents is 1. The maximum Gasteiger partial charge on any atom is 0.339 e. The molecule has 0 aliphatic heterocycles. The Kier molecular flexibility index (Phi) is 4.28. The van der Waals surface area contributed by atoms with Gasteiger partial charge in [-0.3, -0.25) is 0 Å². The molecule has 0 spiro atoms. The minimum absolute atomic E-state index is 0.0630. The molecule has 1 unspecified atom stereocenters. The van der Waals surface area contributed by atoms with Crippen LogP contribution in [0.25, 0.3) is 0 Å². The van der Waals surface area contributed by atoms with E-state index in [4.69, 9.17) is 4.74 Å². The van der Waals surface area contributed by atoms with E-state index in [0.29, 0.717) is 0 Å². The van der Waals surface area contributed by atoms with Gasteiger partial charge in [-0.05, 0) is 13.0 Å². The lowest BCUT2D eigenvalue weighted by atomic mass is 10.1. The molecule has 1 rings (SSSR count). The Hall–Kier alpha value is -1.82. The van der Waals surface area contributed by atoms with Gasteiger partial charge in [0.1, 0.15) is 5.75 Å². The number of aromatic hydroxyl groups is 1. The van der Waals surface area contributed by atoms with Crippen molar-refractivity contribution >= 4 is 5.97 Å². The third-order valence-electron chi connectivity index (χ3n) is 2.10. The molecular formula is C11H13FO5. The molecule has 0 aromatic heterocycles. The maximum absolute atomic E-state index is 13.5. The molecule has 5 nitrogen and oxygen atoms in total. The molecule has 1 aromatic rings. The van der Waals surface area contributed by atoms with Gasteiger partial charge in [-0.15, -0.1) is 0 Å². The van der Waals surface area contributed by atoms with E-state index in [2.05, 4.69) is 4.74 Å². The number of ether oxygens (including phenoxy) is 2. The number of aliphatic hydroxyl groups excluding tert-OH is 1. The Bertz CT molecular complexity index is 419. The predicted octanol–water partition coefficient (Wildman–Crippen LogP) is 1.14. The van der Waals surface area contributed by atoms with Crippen molar-refractivity contribution in [2.24, 2.45) is 0 Å². The molecule has 17 heavy (non-hydrogen) atoms. The summed E-state index contributed by atoms with van der Waals surface area (Å²) in [6, 6.07) is 2.16. The normalized spacial score (nSPS) is 12.0. The lowest BCUT2D eigenvalue weighted by Gasteiger charge is -2.13. The molecule has 1 aromatic carbocycles. The predicted molar refractivity (Wildman–Crippen MR) is 56.2 cm³/mol. The van der Waals surface area contributed by atoms with Gasteiger partial charge in [0, 0.05) is 11.6 Å². The number of halogens is 1. The highest BCUT2D eigenvalue weighted by Crippen LogP contribution is 2.30. The van der Waals surface area contributed by atoms with E-state index in [0.717, 1.165) is 12.1 Å². The fourth-order valence-electron chi connectivity index (χ4n) is 1.27. The van der Waals surface area contributed by atoms with E-state index in [-0.39, 0.29) is 17.9 Å². The average Bonchev–Trinajstić information content (AvgIpc) is 2.31. The number of hydrogen-bond donors (Lipinski definition) is 2. The second-order valence-electron chi connectivity index (χ2n) is 3.20. The lowest BCUT2D eigenvalue weighted by molar-refractivity contribution is -0.153. The quantitative estimate of drug-likeness (QED) is 0.777. The Morgan fingerprint density at radius 3 is 2.71 bits per heavy atom. The molecule has 94 valence electrons. The van der Waals surface area contributed by atoms with E-state index in [1.165, 1.54) is 7.11 Å². The summed E-state index contributed by atoms with van der Waals surface area (Å²) in [5.41, 5.74) is -0.389. The minimum Gasteiger partial charge on any atom is -0.505 e. The van der Waals surface area contributed by atoms with Crippen molar-refractivity contribution in [2.75, 3.05) is 13.7 Å². The standard InChI is InChI=1S/C11H13FO5/c1-3-17-11(15)10(14)7-4-6(16-2)5-8(13)9(7)12/h4-5,10,13-14H,3H2,1-2H3. The third-order valence-corrected chi connectivity index (χ3v) is 2.10. The van der Waals surface area contributed by atoms with Crippen molar-refractivity contribution in [3.8, 4) is 11.5 Å². The van der Waals surface area contributed by atoms with Gasteiger partial charge in [0.2, 0.25) is 0 Å². The summed E-state index contributed by atoms with van der Waals surface area (Å²) in [5.74, 6) is -2.64. The summed E-state index contributed by atoms with van der Waals surface area (Å²) in [7, 11) is 1.31. The first-order valence-electron chi connectivity index (χ1n) is 4.92. The molecule has 1 atom stereocenters. The van der Waals surface area contributed by atoms with Crippen LogP contribution in [0.2, 0.25) is 0 Å². The third kappa shape index (κ3) is 2.85. The number of methoxy groups -OCH3 is 1.